The van der Waals surface area contributed by atoms with E-state index in [-0.39, 0.29) is 23.6 Å². The third-order valence-corrected chi connectivity index (χ3v) is 4.29. The predicted molar refractivity (Wildman–Crippen MR) is 96.0 cm³/mol. The van der Waals surface area contributed by atoms with Crippen molar-refractivity contribution in [3.63, 3.8) is 0 Å². The third kappa shape index (κ3) is 3.28. The first-order chi connectivity index (χ1) is 11.8. The molecule has 4 N–H and O–H groups in total. The lowest BCUT2D eigenvalue weighted by atomic mass is 9.90. The van der Waals surface area contributed by atoms with Crippen LogP contribution in [0.4, 0.5) is 0 Å². The highest BCUT2D eigenvalue weighted by atomic mass is 16.3. The molecule has 7 heteroatoms. The van der Waals surface area contributed by atoms with Gasteiger partial charge in [-0.2, -0.15) is 0 Å². The minimum Gasteiger partial charge on any atom is -0.449 e. The van der Waals surface area contributed by atoms with E-state index in [4.69, 9.17) is 10.2 Å². The lowest BCUT2D eigenvalue weighted by Crippen LogP contribution is -2.53. The topological polar surface area (TPSA) is 114 Å². The minimum atomic E-state index is -0.875. The molecule has 1 unspecified atom stereocenters. The second kappa shape index (κ2) is 6.33. The van der Waals surface area contributed by atoms with Crippen molar-refractivity contribution in [2.75, 3.05) is 0 Å². The molecule has 0 saturated heterocycles. The summed E-state index contributed by atoms with van der Waals surface area (Å²) in [6.07, 6.45) is 0.587. The van der Waals surface area contributed by atoms with E-state index in [1.54, 1.807) is 13.0 Å². The van der Waals surface area contributed by atoms with Crippen molar-refractivity contribution < 1.29 is 9.21 Å². The van der Waals surface area contributed by atoms with Gasteiger partial charge in [-0.3, -0.25) is 14.9 Å². The molecular weight excluding hydrogens is 320 g/mol. The standard InChI is InChI=1S/C18H22N4O3/c1-10(2)8-18(3,17(19)24)20-9-13-21-14-11-6-4-5-7-12(11)25-15(14)16(23)22-13/h4-7,10,20H,8-9H2,1-3H3,(H2,19,24)(H,21,22,23). The molecule has 3 aromatic rings. The van der Waals surface area contributed by atoms with Gasteiger partial charge in [0.1, 0.15) is 16.9 Å². The van der Waals surface area contributed by atoms with Crippen LogP contribution in [0.5, 0.6) is 0 Å². The van der Waals surface area contributed by atoms with E-state index in [0.717, 1.165) is 5.39 Å². The summed E-state index contributed by atoms with van der Waals surface area (Å²) < 4.78 is 5.57. The number of fused-ring (bicyclic) bond motifs is 3. The Morgan fingerprint density at radius 3 is 2.80 bits per heavy atom. The van der Waals surface area contributed by atoms with Crippen LogP contribution in [0.25, 0.3) is 22.1 Å². The van der Waals surface area contributed by atoms with Gasteiger partial charge in [0.25, 0.3) is 5.56 Å². The van der Waals surface area contributed by atoms with E-state index < -0.39 is 11.4 Å². The Labute approximate surface area is 144 Å². The zero-order valence-electron chi connectivity index (χ0n) is 14.6. The molecule has 0 aliphatic carbocycles. The largest absolute Gasteiger partial charge is 0.449 e. The average molecular weight is 342 g/mol. The molecule has 7 nitrogen and oxygen atoms in total. The number of rotatable bonds is 6. The summed E-state index contributed by atoms with van der Waals surface area (Å²) in [4.78, 5) is 31.3. The molecule has 0 radical (unpaired) electrons. The number of aromatic nitrogens is 2. The number of nitrogens with one attached hydrogen (secondary N) is 2. The number of hydrogen-bond acceptors (Lipinski definition) is 5. The van der Waals surface area contributed by atoms with Crippen LogP contribution in [0.15, 0.2) is 33.5 Å². The maximum absolute atomic E-state index is 12.3. The first-order valence-electron chi connectivity index (χ1n) is 8.25. The molecule has 0 bridgehead atoms. The molecule has 0 spiro atoms. The van der Waals surface area contributed by atoms with Crippen LogP contribution in [0.3, 0.4) is 0 Å². The molecule has 0 aliphatic heterocycles. The molecule has 0 aliphatic rings. The highest BCUT2D eigenvalue weighted by molar-refractivity contribution is 6.01. The van der Waals surface area contributed by atoms with Crippen molar-refractivity contribution in [2.45, 2.75) is 39.3 Å². The zero-order chi connectivity index (χ0) is 18.2. The third-order valence-electron chi connectivity index (χ3n) is 4.29. The van der Waals surface area contributed by atoms with Gasteiger partial charge in [0.05, 0.1) is 12.1 Å². The fourth-order valence-corrected chi connectivity index (χ4v) is 3.09. The number of hydrogen-bond donors (Lipinski definition) is 3. The summed E-state index contributed by atoms with van der Waals surface area (Å²) in [5.41, 5.74) is 5.66. The molecule has 3 rings (SSSR count). The Bertz CT molecular complexity index is 989. The average Bonchev–Trinajstić information content (AvgIpc) is 2.92. The molecule has 1 aromatic carbocycles. The number of carbonyl (C=O) groups excluding carboxylic acids is 1. The Morgan fingerprint density at radius 2 is 2.12 bits per heavy atom. The van der Waals surface area contributed by atoms with Gasteiger partial charge in [0.15, 0.2) is 0 Å². The molecule has 2 heterocycles. The van der Waals surface area contributed by atoms with Crippen molar-refractivity contribution in [3.8, 4) is 0 Å². The Hall–Kier alpha value is -2.67. The highest BCUT2D eigenvalue weighted by Crippen LogP contribution is 2.24. The molecule has 0 fully saturated rings. The van der Waals surface area contributed by atoms with E-state index in [9.17, 15) is 9.59 Å². The molecular formula is C18H22N4O3. The van der Waals surface area contributed by atoms with E-state index in [1.807, 2.05) is 32.0 Å². The second-order valence-corrected chi connectivity index (χ2v) is 6.94. The van der Waals surface area contributed by atoms with Crippen molar-refractivity contribution in [1.29, 1.82) is 0 Å². The lowest BCUT2D eigenvalue weighted by molar-refractivity contribution is -0.124. The molecule has 2 aromatic heterocycles. The van der Waals surface area contributed by atoms with Crippen molar-refractivity contribution in [1.82, 2.24) is 15.3 Å². The number of amides is 1. The molecule has 132 valence electrons. The number of aromatic amines is 1. The van der Waals surface area contributed by atoms with Crippen LogP contribution in [-0.2, 0) is 11.3 Å². The number of benzene rings is 1. The Balaban J connectivity index is 1.95. The van der Waals surface area contributed by atoms with Gasteiger partial charge in [-0.15, -0.1) is 0 Å². The van der Waals surface area contributed by atoms with Gasteiger partial charge >= 0.3 is 0 Å². The lowest BCUT2D eigenvalue weighted by Gasteiger charge is -2.29. The van der Waals surface area contributed by atoms with Crippen molar-refractivity contribution in [3.05, 3.63) is 40.4 Å². The number of H-pyrrole nitrogens is 1. The summed E-state index contributed by atoms with van der Waals surface area (Å²) in [6.45, 7) is 6.02. The van der Waals surface area contributed by atoms with Crippen LogP contribution in [0.2, 0.25) is 0 Å². The van der Waals surface area contributed by atoms with E-state index >= 15 is 0 Å². The summed E-state index contributed by atoms with van der Waals surface area (Å²) in [5, 5.41) is 3.92. The number of nitrogens with two attached hydrogens (primary N) is 1. The number of carbonyl (C=O) groups is 1. The van der Waals surface area contributed by atoms with Crippen LogP contribution in [-0.4, -0.2) is 21.4 Å². The maximum atomic E-state index is 12.3. The predicted octanol–water partition coefficient (Wildman–Crippen LogP) is 2.05. The number of primary amides is 1. The van der Waals surface area contributed by atoms with E-state index in [2.05, 4.69) is 15.3 Å². The first-order valence-corrected chi connectivity index (χ1v) is 8.25. The van der Waals surface area contributed by atoms with E-state index in [1.165, 1.54) is 0 Å². The number of para-hydroxylation sites is 1. The van der Waals surface area contributed by atoms with Crippen LogP contribution in [0, 0.1) is 5.92 Å². The van der Waals surface area contributed by atoms with Gasteiger partial charge < -0.3 is 15.1 Å². The van der Waals surface area contributed by atoms with Crippen molar-refractivity contribution >= 4 is 28.0 Å². The fourth-order valence-electron chi connectivity index (χ4n) is 3.09. The molecule has 1 atom stereocenters. The SMILES string of the molecule is CC(C)CC(C)(NCc1nc2c(oc3ccccc32)c(=O)[nH]1)C(N)=O. The minimum absolute atomic E-state index is 0.199. The monoisotopic (exact) mass is 342 g/mol. The number of nitrogens with zero attached hydrogens (tertiary/aromatic N) is 1. The molecule has 1 amide bonds. The molecule has 0 saturated carbocycles. The fraction of sp³-hybridized carbons (Fsp3) is 0.389. The highest BCUT2D eigenvalue weighted by Gasteiger charge is 2.31. The summed E-state index contributed by atoms with van der Waals surface area (Å²) in [7, 11) is 0. The van der Waals surface area contributed by atoms with Crippen molar-refractivity contribution in [2.24, 2.45) is 11.7 Å². The Morgan fingerprint density at radius 1 is 1.40 bits per heavy atom. The summed E-state index contributed by atoms with van der Waals surface area (Å²) in [5.74, 6) is 0.288. The van der Waals surface area contributed by atoms with Gasteiger partial charge in [-0.25, -0.2) is 4.98 Å². The second-order valence-electron chi connectivity index (χ2n) is 6.94. The first kappa shape index (κ1) is 17.2. The van der Waals surface area contributed by atoms with Crippen LogP contribution < -0.4 is 16.6 Å². The van der Waals surface area contributed by atoms with Gasteiger partial charge in [0, 0.05) is 5.39 Å². The van der Waals surface area contributed by atoms with E-state index in [0.29, 0.717) is 23.3 Å². The number of furan rings is 1. The van der Waals surface area contributed by atoms with Crippen LogP contribution >= 0.6 is 0 Å². The van der Waals surface area contributed by atoms with Gasteiger partial charge in [-0.05, 0) is 31.4 Å². The normalized spacial score (nSPS) is 14.2. The van der Waals surface area contributed by atoms with Gasteiger partial charge in [0.2, 0.25) is 11.5 Å². The quantitative estimate of drug-likeness (QED) is 0.634. The summed E-state index contributed by atoms with van der Waals surface area (Å²) in [6, 6.07) is 7.36. The zero-order valence-corrected chi connectivity index (χ0v) is 14.6. The van der Waals surface area contributed by atoms with Crippen LogP contribution in [0.1, 0.15) is 33.0 Å². The maximum Gasteiger partial charge on any atom is 0.294 e. The smallest absolute Gasteiger partial charge is 0.294 e. The van der Waals surface area contributed by atoms with Gasteiger partial charge in [-0.1, -0.05) is 26.0 Å². The Kier molecular flexibility index (Phi) is 4.34. The summed E-state index contributed by atoms with van der Waals surface area (Å²) >= 11 is 0. The molecule has 25 heavy (non-hydrogen) atoms.